The van der Waals surface area contributed by atoms with Crippen LogP contribution in [0.3, 0.4) is 0 Å². The molecule has 1 aromatic heterocycles. The Morgan fingerprint density at radius 1 is 1.36 bits per heavy atom. The minimum Gasteiger partial charge on any atom is -0.337 e. The first-order chi connectivity index (χ1) is 13.3. The number of sulfonamides is 1. The van der Waals surface area contributed by atoms with Crippen molar-refractivity contribution in [2.75, 3.05) is 20.1 Å². The van der Waals surface area contributed by atoms with Gasteiger partial charge in [0.15, 0.2) is 5.82 Å². The maximum atomic E-state index is 12.9. The van der Waals surface area contributed by atoms with Crippen LogP contribution in [0.4, 0.5) is 0 Å². The number of halogens is 1. The number of carbonyl (C=O) groups is 1. The van der Waals surface area contributed by atoms with Crippen molar-refractivity contribution in [1.29, 1.82) is 0 Å². The molecule has 2 aromatic rings. The Balaban J connectivity index is 1.68. The maximum Gasteiger partial charge on any atom is 0.246 e. The second-order valence-corrected chi connectivity index (χ2v) is 9.18. The number of amides is 1. The molecule has 1 saturated heterocycles. The number of hydrogen-bond donors (Lipinski definition) is 0. The van der Waals surface area contributed by atoms with Gasteiger partial charge in [-0.25, -0.2) is 8.42 Å². The average molecular weight is 427 g/mol. The molecule has 1 fully saturated rings. The third-order valence-corrected chi connectivity index (χ3v) is 6.89. The van der Waals surface area contributed by atoms with Crippen molar-refractivity contribution in [2.24, 2.45) is 5.92 Å². The highest BCUT2D eigenvalue weighted by Crippen LogP contribution is 2.26. The first kappa shape index (κ1) is 20.8. The molecule has 8 nitrogen and oxygen atoms in total. The van der Waals surface area contributed by atoms with E-state index in [4.69, 9.17) is 16.1 Å². The first-order valence-corrected chi connectivity index (χ1v) is 10.9. The van der Waals surface area contributed by atoms with Crippen molar-refractivity contribution < 1.29 is 17.7 Å². The number of hydrogen-bond acceptors (Lipinski definition) is 6. The molecule has 1 aliphatic rings. The molecule has 1 unspecified atom stereocenters. The zero-order valence-corrected chi connectivity index (χ0v) is 17.4. The summed E-state index contributed by atoms with van der Waals surface area (Å²) in [4.78, 5) is 18.7. The SMILES string of the molecule is CCc1noc(CN(C)C(=O)C2CCCN(S(=O)(=O)c3ccc(Cl)cc3)C2)n1. The number of carbonyl (C=O) groups excluding carboxylic acids is 1. The summed E-state index contributed by atoms with van der Waals surface area (Å²) in [5.74, 6) is 0.421. The van der Waals surface area contributed by atoms with E-state index in [0.717, 1.165) is 0 Å². The molecule has 3 rings (SSSR count). The Morgan fingerprint density at radius 3 is 2.71 bits per heavy atom. The molecule has 0 radical (unpaired) electrons. The molecule has 152 valence electrons. The smallest absolute Gasteiger partial charge is 0.246 e. The van der Waals surface area contributed by atoms with Crippen molar-refractivity contribution in [3.63, 3.8) is 0 Å². The van der Waals surface area contributed by atoms with Gasteiger partial charge in [0.2, 0.25) is 21.8 Å². The predicted molar refractivity (Wildman–Crippen MR) is 103 cm³/mol. The Hall–Kier alpha value is -1.97. The number of aryl methyl sites for hydroxylation is 1. The quantitative estimate of drug-likeness (QED) is 0.703. The van der Waals surface area contributed by atoms with E-state index in [1.807, 2.05) is 6.92 Å². The highest BCUT2D eigenvalue weighted by atomic mass is 35.5. The van der Waals surface area contributed by atoms with Gasteiger partial charge < -0.3 is 9.42 Å². The van der Waals surface area contributed by atoms with Crippen molar-refractivity contribution in [3.8, 4) is 0 Å². The monoisotopic (exact) mass is 426 g/mol. The van der Waals surface area contributed by atoms with E-state index in [9.17, 15) is 13.2 Å². The van der Waals surface area contributed by atoms with Crippen LogP contribution < -0.4 is 0 Å². The van der Waals surface area contributed by atoms with Crippen LogP contribution in [0.5, 0.6) is 0 Å². The molecule has 0 bridgehead atoms. The third kappa shape index (κ3) is 4.53. The van der Waals surface area contributed by atoms with Gasteiger partial charge in [0.05, 0.1) is 17.4 Å². The van der Waals surface area contributed by atoms with Gasteiger partial charge in [-0.2, -0.15) is 9.29 Å². The van der Waals surface area contributed by atoms with Crippen LogP contribution in [-0.2, 0) is 27.8 Å². The van der Waals surface area contributed by atoms with E-state index in [1.165, 1.54) is 21.3 Å². The van der Waals surface area contributed by atoms with Gasteiger partial charge in [0.1, 0.15) is 0 Å². The van der Waals surface area contributed by atoms with Gasteiger partial charge in [0, 0.05) is 31.6 Å². The van der Waals surface area contributed by atoms with E-state index < -0.39 is 15.9 Å². The van der Waals surface area contributed by atoms with Gasteiger partial charge in [-0.15, -0.1) is 0 Å². The van der Waals surface area contributed by atoms with E-state index in [0.29, 0.717) is 42.5 Å². The lowest BCUT2D eigenvalue weighted by molar-refractivity contribution is -0.136. The van der Waals surface area contributed by atoms with Gasteiger partial charge >= 0.3 is 0 Å². The summed E-state index contributed by atoms with van der Waals surface area (Å²) in [5.41, 5.74) is 0. The summed E-state index contributed by atoms with van der Waals surface area (Å²) in [7, 11) is -2.01. The van der Waals surface area contributed by atoms with Gasteiger partial charge in [-0.05, 0) is 37.1 Å². The standard InChI is InChI=1S/C18H23ClN4O4S/c1-3-16-20-17(27-21-16)12-22(2)18(24)13-5-4-10-23(11-13)28(25,26)15-8-6-14(19)7-9-15/h6-9,13H,3-5,10-12H2,1-2H3. The van der Waals surface area contributed by atoms with Gasteiger partial charge in [-0.1, -0.05) is 23.7 Å². The average Bonchev–Trinajstić information content (AvgIpc) is 3.15. The predicted octanol–water partition coefficient (Wildman–Crippen LogP) is 2.34. The largest absolute Gasteiger partial charge is 0.337 e. The molecule has 1 aliphatic heterocycles. The highest BCUT2D eigenvalue weighted by molar-refractivity contribution is 7.89. The van der Waals surface area contributed by atoms with Crippen LogP contribution in [0, 0.1) is 5.92 Å². The van der Waals surface area contributed by atoms with Gasteiger partial charge in [0.25, 0.3) is 0 Å². The topological polar surface area (TPSA) is 96.6 Å². The minimum atomic E-state index is -3.67. The van der Waals surface area contributed by atoms with E-state index in [1.54, 1.807) is 19.2 Å². The molecule has 1 amide bonds. The summed E-state index contributed by atoms with van der Waals surface area (Å²) in [6, 6.07) is 6.06. The fraction of sp³-hybridized carbons (Fsp3) is 0.500. The molecule has 0 spiro atoms. The summed E-state index contributed by atoms with van der Waals surface area (Å²) >= 11 is 5.85. The second kappa shape index (κ2) is 8.59. The Bertz CT molecular complexity index is 929. The molecular weight excluding hydrogens is 404 g/mol. The molecule has 1 aromatic carbocycles. The number of nitrogens with zero attached hydrogens (tertiary/aromatic N) is 4. The van der Waals surface area contributed by atoms with E-state index >= 15 is 0 Å². The van der Waals surface area contributed by atoms with Crippen molar-refractivity contribution in [1.82, 2.24) is 19.3 Å². The van der Waals surface area contributed by atoms with Crippen molar-refractivity contribution >= 4 is 27.5 Å². The lowest BCUT2D eigenvalue weighted by atomic mass is 9.98. The van der Waals surface area contributed by atoms with Crippen LogP contribution >= 0.6 is 11.6 Å². The summed E-state index contributed by atoms with van der Waals surface area (Å²) in [6.07, 6.45) is 1.92. The van der Waals surface area contributed by atoms with Crippen LogP contribution in [0.15, 0.2) is 33.7 Å². The number of benzene rings is 1. The Morgan fingerprint density at radius 2 is 2.07 bits per heavy atom. The molecule has 0 aliphatic carbocycles. The van der Waals surface area contributed by atoms with Crippen LogP contribution in [0.2, 0.25) is 5.02 Å². The zero-order valence-electron chi connectivity index (χ0n) is 15.8. The van der Waals surface area contributed by atoms with Crippen LogP contribution in [0.25, 0.3) is 0 Å². The Labute approximate surface area is 169 Å². The summed E-state index contributed by atoms with van der Waals surface area (Å²) < 4.78 is 32.3. The van der Waals surface area contributed by atoms with Crippen molar-refractivity contribution in [3.05, 3.63) is 41.0 Å². The fourth-order valence-electron chi connectivity index (χ4n) is 3.21. The summed E-state index contributed by atoms with van der Waals surface area (Å²) in [5, 5.41) is 4.29. The molecule has 1 atom stereocenters. The van der Waals surface area contributed by atoms with E-state index in [-0.39, 0.29) is 23.9 Å². The lowest BCUT2D eigenvalue weighted by Gasteiger charge is -2.33. The molecule has 0 saturated carbocycles. The van der Waals surface area contributed by atoms with Gasteiger partial charge in [-0.3, -0.25) is 4.79 Å². The normalized spacial score (nSPS) is 18.2. The molecule has 28 heavy (non-hydrogen) atoms. The molecule has 2 heterocycles. The lowest BCUT2D eigenvalue weighted by Crippen LogP contribution is -2.45. The molecule has 0 N–H and O–H groups in total. The first-order valence-electron chi connectivity index (χ1n) is 9.13. The fourth-order valence-corrected chi connectivity index (χ4v) is 4.86. The maximum absolute atomic E-state index is 12.9. The van der Waals surface area contributed by atoms with Crippen LogP contribution in [-0.4, -0.2) is 53.8 Å². The number of piperidine rings is 1. The summed E-state index contributed by atoms with van der Waals surface area (Å²) in [6.45, 7) is 2.66. The highest BCUT2D eigenvalue weighted by Gasteiger charge is 2.34. The number of aromatic nitrogens is 2. The minimum absolute atomic E-state index is 0.132. The second-order valence-electron chi connectivity index (χ2n) is 6.81. The number of rotatable bonds is 6. The zero-order chi connectivity index (χ0) is 20.3. The van der Waals surface area contributed by atoms with E-state index in [2.05, 4.69) is 10.1 Å². The van der Waals surface area contributed by atoms with Crippen LogP contribution in [0.1, 0.15) is 31.5 Å². The Kier molecular flexibility index (Phi) is 6.36. The third-order valence-electron chi connectivity index (χ3n) is 4.76. The molecule has 10 heteroatoms. The molecular formula is C18H23ClN4O4S. The van der Waals surface area contributed by atoms with Crippen molar-refractivity contribution in [2.45, 2.75) is 37.6 Å².